The highest BCUT2D eigenvalue weighted by molar-refractivity contribution is 5.97. The first-order valence-electron chi connectivity index (χ1n) is 9.46. The van der Waals surface area contributed by atoms with E-state index in [9.17, 15) is 9.59 Å². The Hall–Kier alpha value is -2.60. The molecule has 0 fully saturated rings. The van der Waals surface area contributed by atoms with Crippen molar-refractivity contribution in [1.82, 2.24) is 5.32 Å². The van der Waals surface area contributed by atoms with E-state index >= 15 is 0 Å². The maximum Gasteiger partial charge on any atom is 0.340 e. The highest BCUT2D eigenvalue weighted by atomic mass is 16.5. The van der Waals surface area contributed by atoms with Crippen molar-refractivity contribution < 1.29 is 18.4 Å². The smallest absolute Gasteiger partial charge is 0.340 e. The topological polar surface area (TPSA) is 81.7 Å². The van der Waals surface area contributed by atoms with Crippen molar-refractivity contribution in [3.8, 4) is 0 Å². The average Bonchev–Trinajstić information content (AvgIpc) is 3.04. The van der Waals surface area contributed by atoms with Crippen LogP contribution in [-0.4, -0.2) is 26.2 Å². The second kappa shape index (κ2) is 7.80. The molecule has 0 atom stereocenters. The third kappa shape index (κ3) is 3.97. The number of nitrogens with one attached hydrogen (secondary N) is 1. The molecule has 28 heavy (non-hydrogen) atoms. The molecule has 1 N–H and O–H groups in total. The van der Waals surface area contributed by atoms with Gasteiger partial charge in [0.2, 0.25) is 5.91 Å². The van der Waals surface area contributed by atoms with Gasteiger partial charge >= 0.3 is 5.63 Å². The number of amides is 1. The Labute approximate surface area is 163 Å². The van der Waals surface area contributed by atoms with Crippen LogP contribution in [0.2, 0.25) is 0 Å². The first-order chi connectivity index (χ1) is 13.2. The third-order valence-electron chi connectivity index (χ3n) is 4.97. The van der Waals surface area contributed by atoms with E-state index < -0.39 is 5.63 Å². The Morgan fingerprint density at radius 1 is 1.18 bits per heavy atom. The van der Waals surface area contributed by atoms with Crippen molar-refractivity contribution in [2.24, 2.45) is 0 Å². The standard InChI is InChI=1S/C22H27NO5/c1-13-14-9-16-17(22(2,3)4)12-27-18(16)11-19(14)28-21(25)15(13)10-20(24)23-7-6-8-26-5/h9,11-12H,6-8,10H2,1-5H3,(H,23,24). The predicted molar refractivity (Wildman–Crippen MR) is 109 cm³/mol. The zero-order valence-electron chi connectivity index (χ0n) is 17.1. The first-order valence-corrected chi connectivity index (χ1v) is 9.46. The van der Waals surface area contributed by atoms with Crippen LogP contribution < -0.4 is 10.9 Å². The summed E-state index contributed by atoms with van der Waals surface area (Å²) in [6.07, 6.45) is 2.47. The van der Waals surface area contributed by atoms with Gasteiger partial charge in [-0.1, -0.05) is 20.8 Å². The Kier molecular flexibility index (Phi) is 5.61. The second-order valence-electron chi connectivity index (χ2n) is 8.11. The fourth-order valence-corrected chi connectivity index (χ4v) is 3.36. The number of hydrogen-bond acceptors (Lipinski definition) is 5. The minimum absolute atomic E-state index is 0.00730. The molecule has 2 heterocycles. The fraction of sp³-hybridized carbons (Fsp3) is 0.455. The van der Waals surface area contributed by atoms with Gasteiger partial charge in [-0.05, 0) is 30.4 Å². The number of furan rings is 1. The van der Waals surface area contributed by atoms with E-state index in [0.717, 1.165) is 28.3 Å². The normalized spacial score (nSPS) is 12.0. The van der Waals surface area contributed by atoms with E-state index in [-0.39, 0.29) is 17.7 Å². The molecular weight excluding hydrogens is 358 g/mol. The molecule has 0 unspecified atom stereocenters. The summed E-state index contributed by atoms with van der Waals surface area (Å²) in [5, 5.41) is 4.62. The van der Waals surface area contributed by atoms with Crippen LogP contribution in [0.3, 0.4) is 0 Å². The minimum atomic E-state index is -0.487. The molecule has 0 saturated carbocycles. The zero-order valence-corrected chi connectivity index (χ0v) is 17.1. The summed E-state index contributed by atoms with van der Waals surface area (Å²) >= 11 is 0. The highest BCUT2D eigenvalue weighted by Gasteiger charge is 2.22. The van der Waals surface area contributed by atoms with Gasteiger partial charge in [-0.3, -0.25) is 4.79 Å². The Morgan fingerprint density at radius 2 is 1.93 bits per heavy atom. The van der Waals surface area contributed by atoms with Gasteiger partial charge in [-0.25, -0.2) is 4.79 Å². The van der Waals surface area contributed by atoms with Gasteiger partial charge in [0.05, 0.1) is 18.2 Å². The largest absolute Gasteiger partial charge is 0.464 e. The van der Waals surface area contributed by atoms with Gasteiger partial charge in [0.1, 0.15) is 11.2 Å². The Bertz CT molecular complexity index is 1070. The molecule has 3 aromatic rings. The van der Waals surface area contributed by atoms with Gasteiger partial charge in [0, 0.05) is 42.7 Å². The highest BCUT2D eigenvalue weighted by Crippen LogP contribution is 2.35. The summed E-state index contributed by atoms with van der Waals surface area (Å²) in [6.45, 7) is 9.31. The molecule has 3 rings (SSSR count). The molecule has 1 aromatic carbocycles. The summed E-state index contributed by atoms with van der Waals surface area (Å²) < 4.78 is 16.2. The summed E-state index contributed by atoms with van der Waals surface area (Å²) in [6, 6.07) is 3.75. The summed E-state index contributed by atoms with van der Waals surface area (Å²) in [5.41, 5.74) is 2.83. The number of benzene rings is 1. The van der Waals surface area contributed by atoms with Crippen molar-refractivity contribution >= 4 is 27.8 Å². The van der Waals surface area contributed by atoms with Crippen LogP contribution in [0.4, 0.5) is 0 Å². The summed E-state index contributed by atoms with van der Waals surface area (Å²) in [4.78, 5) is 24.7. The Morgan fingerprint density at radius 3 is 2.61 bits per heavy atom. The van der Waals surface area contributed by atoms with Crippen LogP contribution in [0.25, 0.3) is 21.9 Å². The van der Waals surface area contributed by atoms with Crippen LogP contribution >= 0.6 is 0 Å². The third-order valence-corrected chi connectivity index (χ3v) is 4.97. The molecule has 0 saturated heterocycles. The minimum Gasteiger partial charge on any atom is -0.464 e. The maximum atomic E-state index is 12.5. The van der Waals surface area contributed by atoms with Crippen LogP contribution in [0.15, 0.2) is 32.0 Å². The number of aryl methyl sites for hydroxylation is 1. The van der Waals surface area contributed by atoms with Crippen LogP contribution in [0, 0.1) is 6.92 Å². The number of rotatable bonds is 6. The van der Waals surface area contributed by atoms with Gasteiger partial charge in [0.15, 0.2) is 0 Å². The lowest BCUT2D eigenvalue weighted by atomic mass is 9.86. The van der Waals surface area contributed by atoms with Crippen molar-refractivity contribution in [3.05, 3.63) is 45.5 Å². The van der Waals surface area contributed by atoms with Crippen molar-refractivity contribution in [1.29, 1.82) is 0 Å². The summed E-state index contributed by atoms with van der Waals surface area (Å²) in [7, 11) is 1.62. The van der Waals surface area contributed by atoms with Crippen LogP contribution in [0.1, 0.15) is 43.9 Å². The number of carbonyl (C=O) groups is 1. The van der Waals surface area contributed by atoms with E-state index in [1.807, 2.05) is 13.0 Å². The molecule has 1 amide bonds. The van der Waals surface area contributed by atoms with E-state index in [1.54, 1.807) is 19.4 Å². The number of fused-ring (bicyclic) bond motifs is 2. The van der Waals surface area contributed by atoms with Gasteiger partial charge in [0.25, 0.3) is 0 Å². The lowest BCUT2D eigenvalue weighted by Crippen LogP contribution is -2.29. The van der Waals surface area contributed by atoms with Gasteiger partial charge < -0.3 is 18.9 Å². The lowest BCUT2D eigenvalue weighted by molar-refractivity contribution is -0.120. The monoisotopic (exact) mass is 385 g/mol. The Balaban J connectivity index is 1.99. The fourth-order valence-electron chi connectivity index (χ4n) is 3.36. The molecule has 0 bridgehead atoms. The number of methoxy groups -OCH3 is 1. The van der Waals surface area contributed by atoms with Crippen molar-refractivity contribution in [2.75, 3.05) is 20.3 Å². The second-order valence-corrected chi connectivity index (χ2v) is 8.11. The average molecular weight is 385 g/mol. The number of ether oxygens (including phenoxy) is 1. The quantitative estimate of drug-likeness (QED) is 0.515. The molecule has 2 aromatic heterocycles. The van der Waals surface area contributed by atoms with Crippen LogP contribution in [0.5, 0.6) is 0 Å². The van der Waals surface area contributed by atoms with Crippen molar-refractivity contribution in [2.45, 2.75) is 46.0 Å². The number of hydrogen-bond donors (Lipinski definition) is 1. The molecule has 0 spiro atoms. The van der Waals surface area contributed by atoms with E-state index in [1.165, 1.54) is 0 Å². The molecule has 150 valence electrons. The molecule has 0 aliphatic carbocycles. The van der Waals surface area contributed by atoms with Crippen molar-refractivity contribution in [3.63, 3.8) is 0 Å². The van der Waals surface area contributed by atoms with Crippen LogP contribution in [-0.2, 0) is 21.4 Å². The molecular formula is C22H27NO5. The SMILES string of the molecule is COCCCNC(=O)Cc1c(C)c2cc3c(C(C)(C)C)coc3cc2oc1=O. The molecule has 0 aliphatic rings. The number of carbonyl (C=O) groups excluding carboxylic acids is 1. The first kappa shape index (κ1) is 20.1. The van der Waals surface area contributed by atoms with E-state index in [4.69, 9.17) is 13.6 Å². The van der Waals surface area contributed by atoms with E-state index in [2.05, 4.69) is 26.1 Å². The lowest BCUT2D eigenvalue weighted by Gasteiger charge is -2.16. The zero-order chi connectivity index (χ0) is 20.5. The maximum absolute atomic E-state index is 12.5. The van der Waals surface area contributed by atoms with Gasteiger partial charge in [-0.15, -0.1) is 0 Å². The molecule has 6 heteroatoms. The van der Waals surface area contributed by atoms with E-state index in [0.29, 0.717) is 29.9 Å². The molecule has 6 nitrogen and oxygen atoms in total. The van der Waals surface area contributed by atoms with Gasteiger partial charge in [-0.2, -0.15) is 0 Å². The molecule has 0 radical (unpaired) electrons. The molecule has 0 aliphatic heterocycles. The predicted octanol–water partition coefficient (Wildman–Crippen LogP) is 3.84. The summed E-state index contributed by atoms with van der Waals surface area (Å²) in [5.74, 6) is -0.203.